The Labute approximate surface area is 174 Å². The van der Waals surface area contributed by atoms with Crippen LogP contribution in [0, 0.1) is 6.92 Å². The average molecular weight is 411 g/mol. The normalized spacial score (nSPS) is 12.0. The van der Waals surface area contributed by atoms with E-state index in [0.717, 1.165) is 5.56 Å². The molecule has 0 bridgehead atoms. The molecule has 7 heteroatoms. The van der Waals surface area contributed by atoms with E-state index in [4.69, 9.17) is 11.6 Å². The molecule has 0 spiro atoms. The molecule has 1 aromatic heterocycles. The molecule has 0 aliphatic rings. The summed E-state index contributed by atoms with van der Waals surface area (Å²) in [7, 11) is 3.85. The van der Waals surface area contributed by atoms with Crippen LogP contribution in [0.2, 0.25) is 5.02 Å². The van der Waals surface area contributed by atoms with Gasteiger partial charge in [0.2, 0.25) is 5.43 Å². The molecule has 0 radical (unpaired) electrons. The van der Waals surface area contributed by atoms with Crippen LogP contribution in [0.3, 0.4) is 0 Å². The molecule has 1 N–H and O–H groups in total. The summed E-state index contributed by atoms with van der Waals surface area (Å²) in [5.74, 6) is -0.522. The standard InChI is InChI=1S/C22H23ClN4O2/c1-15-13-20(28)21(25-27(15)19-12-8-7-11-17(19)23)22(29)24-18(14-26(2)3)16-9-5-4-6-10-16/h4-13,18H,14H2,1-3H3,(H,24,29)/t18-/m0/s1. The van der Waals surface area contributed by atoms with E-state index in [1.54, 1.807) is 19.1 Å². The van der Waals surface area contributed by atoms with Crippen molar-refractivity contribution in [2.24, 2.45) is 0 Å². The molecule has 1 heterocycles. The number of aryl methyl sites for hydroxylation is 1. The molecular weight excluding hydrogens is 388 g/mol. The van der Waals surface area contributed by atoms with Crippen molar-refractivity contribution in [2.75, 3.05) is 20.6 Å². The van der Waals surface area contributed by atoms with E-state index in [-0.39, 0.29) is 11.7 Å². The molecule has 0 fully saturated rings. The van der Waals surface area contributed by atoms with Crippen LogP contribution in [0.15, 0.2) is 65.5 Å². The van der Waals surface area contributed by atoms with Gasteiger partial charge in [0.05, 0.1) is 16.8 Å². The van der Waals surface area contributed by atoms with Crippen molar-refractivity contribution in [3.63, 3.8) is 0 Å². The fourth-order valence-electron chi connectivity index (χ4n) is 3.08. The maximum absolute atomic E-state index is 13.0. The van der Waals surface area contributed by atoms with Gasteiger partial charge in [-0.1, -0.05) is 54.1 Å². The van der Waals surface area contributed by atoms with Crippen molar-refractivity contribution >= 4 is 17.5 Å². The van der Waals surface area contributed by atoms with Gasteiger partial charge in [-0.25, -0.2) is 4.68 Å². The lowest BCUT2D eigenvalue weighted by atomic mass is 10.1. The average Bonchev–Trinajstić information content (AvgIpc) is 2.68. The molecule has 150 valence electrons. The summed E-state index contributed by atoms with van der Waals surface area (Å²) in [6, 6.07) is 17.9. The van der Waals surface area contributed by atoms with Crippen LogP contribution < -0.4 is 10.7 Å². The van der Waals surface area contributed by atoms with Gasteiger partial charge in [-0.15, -0.1) is 0 Å². The molecule has 3 aromatic rings. The highest BCUT2D eigenvalue weighted by Gasteiger charge is 2.21. The van der Waals surface area contributed by atoms with Gasteiger partial charge in [0.15, 0.2) is 5.69 Å². The van der Waals surface area contributed by atoms with E-state index in [2.05, 4.69) is 10.4 Å². The Bertz CT molecular complexity index is 1060. The minimum absolute atomic E-state index is 0.171. The molecule has 3 rings (SSSR count). The topological polar surface area (TPSA) is 67.2 Å². The maximum Gasteiger partial charge on any atom is 0.276 e. The number of amides is 1. The molecule has 2 aromatic carbocycles. The zero-order valence-electron chi connectivity index (χ0n) is 16.6. The molecule has 0 saturated carbocycles. The van der Waals surface area contributed by atoms with Crippen LogP contribution in [-0.2, 0) is 0 Å². The minimum atomic E-state index is -0.522. The van der Waals surface area contributed by atoms with Crippen LogP contribution >= 0.6 is 11.6 Å². The maximum atomic E-state index is 13.0. The van der Waals surface area contributed by atoms with Crippen molar-refractivity contribution in [3.05, 3.63) is 92.9 Å². The Hall–Kier alpha value is -2.96. The number of benzene rings is 2. The van der Waals surface area contributed by atoms with E-state index in [9.17, 15) is 9.59 Å². The van der Waals surface area contributed by atoms with Gasteiger partial charge in [0.25, 0.3) is 5.91 Å². The SMILES string of the molecule is Cc1cc(=O)c(C(=O)N[C@@H](CN(C)C)c2ccccc2)nn1-c1ccccc1Cl. The first-order valence-electron chi connectivity index (χ1n) is 9.23. The van der Waals surface area contributed by atoms with E-state index < -0.39 is 11.3 Å². The van der Waals surface area contributed by atoms with E-state index >= 15 is 0 Å². The van der Waals surface area contributed by atoms with Gasteiger partial charge in [0, 0.05) is 18.3 Å². The number of carbonyl (C=O) groups is 1. The molecule has 0 aliphatic heterocycles. The van der Waals surface area contributed by atoms with E-state index in [1.165, 1.54) is 10.7 Å². The fourth-order valence-corrected chi connectivity index (χ4v) is 3.30. The van der Waals surface area contributed by atoms with Gasteiger partial charge in [-0.05, 0) is 38.7 Å². The molecule has 29 heavy (non-hydrogen) atoms. The number of aromatic nitrogens is 2. The first-order chi connectivity index (χ1) is 13.9. The highest BCUT2D eigenvalue weighted by molar-refractivity contribution is 6.32. The van der Waals surface area contributed by atoms with Gasteiger partial charge in [0.1, 0.15) is 0 Å². The second kappa shape index (κ2) is 9.03. The summed E-state index contributed by atoms with van der Waals surface area (Å²) < 4.78 is 1.52. The summed E-state index contributed by atoms with van der Waals surface area (Å²) in [5.41, 5.74) is 1.55. The first-order valence-corrected chi connectivity index (χ1v) is 9.61. The largest absolute Gasteiger partial charge is 0.342 e. The lowest BCUT2D eigenvalue weighted by molar-refractivity contribution is 0.0922. The first kappa shape index (κ1) is 20.8. The van der Waals surface area contributed by atoms with Crippen LogP contribution in [-0.4, -0.2) is 41.2 Å². The van der Waals surface area contributed by atoms with Gasteiger partial charge >= 0.3 is 0 Å². The number of hydrogen-bond acceptors (Lipinski definition) is 4. The number of halogens is 1. The smallest absolute Gasteiger partial charge is 0.276 e. The van der Waals surface area contributed by atoms with Crippen molar-refractivity contribution in [1.82, 2.24) is 20.0 Å². The second-order valence-electron chi connectivity index (χ2n) is 7.06. The lowest BCUT2D eigenvalue weighted by Gasteiger charge is -2.23. The Kier molecular flexibility index (Phi) is 6.46. The van der Waals surface area contributed by atoms with E-state index in [0.29, 0.717) is 22.9 Å². The van der Waals surface area contributed by atoms with Gasteiger partial charge < -0.3 is 10.2 Å². The van der Waals surface area contributed by atoms with Gasteiger partial charge in [-0.2, -0.15) is 5.10 Å². The molecule has 6 nitrogen and oxygen atoms in total. The molecule has 0 aliphatic carbocycles. The minimum Gasteiger partial charge on any atom is -0.342 e. The summed E-state index contributed by atoms with van der Waals surface area (Å²) in [4.78, 5) is 27.5. The highest BCUT2D eigenvalue weighted by atomic mass is 35.5. The Morgan fingerprint density at radius 1 is 1.14 bits per heavy atom. The van der Waals surface area contributed by atoms with Crippen molar-refractivity contribution < 1.29 is 4.79 Å². The third kappa shape index (κ3) is 4.91. The summed E-state index contributed by atoms with van der Waals surface area (Å²) >= 11 is 6.28. The van der Waals surface area contributed by atoms with Crippen LogP contribution in [0.4, 0.5) is 0 Å². The quantitative estimate of drug-likeness (QED) is 0.677. The second-order valence-corrected chi connectivity index (χ2v) is 7.47. The highest BCUT2D eigenvalue weighted by Crippen LogP contribution is 2.20. The fraction of sp³-hybridized carbons (Fsp3) is 0.227. The number of carbonyl (C=O) groups excluding carboxylic acids is 1. The summed E-state index contributed by atoms with van der Waals surface area (Å²) in [6.07, 6.45) is 0. The third-order valence-electron chi connectivity index (χ3n) is 4.46. The Balaban J connectivity index is 1.97. The van der Waals surface area contributed by atoms with Crippen molar-refractivity contribution in [1.29, 1.82) is 0 Å². The molecule has 1 atom stereocenters. The molecular formula is C22H23ClN4O2. The predicted molar refractivity (Wildman–Crippen MR) is 115 cm³/mol. The third-order valence-corrected chi connectivity index (χ3v) is 4.78. The Morgan fingerprint density at radius 2 is 1.79 bits per heavy atom. The molecule has 1 amide bonds. The number of para-hydroxylation sites is 1. The van der Waals surface area contributed by atoms with Crippen molar-refractivity contribution in [2.45, 2.75) is 13.0 Å². The summed E-state index contributed by atoms with van der Waals surface area (Å²) in [6.45, 7) is 2.33. The Morgan fingerprint density at radius 3 is 2.45 bits per heavy atom. The summed E-state index contributed by atoms with van der Waals surface area (Å²) in [5, 5.41) is 7.75. The van der Waals surface area contributed by atoms with Gasteiger partial charge in [-0.3, -0.25) is 9.59 Å². The lowest BCUT2D eigenvalue weighted by Crippen LogP contribution is -2.38. The zero-order valence-corrected chi connectivity index (χ0v) is 17.3. The van der Waals surface area contributed by atoms with Crippen LogP contribution in [0.25, 0.3) is 5.69 Å². The number of nitrogens with zero attached hydrogens (tertiary/aromatic N) is 3. The van der Waals surface area contributed by atoms with Crippen LogP contribution in [0.1, 0.15) is 27.8 Å². The monoisotopic (exact) mass is 410 g/mol. The number of rotatable bonds is 6. The van der Waals surface area contributed by atoms with E-state index in [1.807, 2.05) is 61.5 Å². The number of hydrogen-bond donors (Lipinski definition) is 1. The van der Waals surface area contributed by atoms with Crippen LogP contribution in [0.5, 0.6) is 0 Å². The number of nitrogens with one attached hydrogen (secondary N) is 1. The predicted octanol–water partition coefficient (Wildman–Crippen LogP) is 3.23. The van der Waals surface area contributed by atoms with Crippen molar-refractivity contribution in [3.8, 4) is 5.69 Å². The molecule has 0 unspecified atom stereocenters. The number of likely N-dealkylation sites (N-methyl/N-ethyl adjacent to an activating group) is 1. The zero-order chi connectivity index (χ0) is 21.0. The molecule has 0 saturated heterocycles.